The number of carbonyl (C=O) groups is 3. The number of hydrogen-bond donors (Lipinski definition) is 5. The van der Waals surface area contributed by atoms with E-state index in [1.165, 1.54) is 24.3 Å². The standard InChI is InChI=1S/C13H16NO8P/c1-8(15)14-13(11(16)17,12(18)19)6-9-2-4-10(5-3-9)7-23(20,21)22/h2-5H,6-7H2,1H3,(H,14,15)(H,16,17)(H,18,19)(H2,20,21,22). The highest BCUT2D eigenvalue weighted by Gasteiger charge is 2.47. The summed E-state index contributed by atoms with van der Waals surface area (Å²) in [7, 11) is -4.24. The molecule has 0 aromatic heterocycles. The molecule has 0 aliphatic rings. The Labute approximate surface area is 131 Å². The summed E-state index contributed by atoms with van der Waals surface area (Å²) in [5, 5.41) is 20.4. The highest BCUT2D eigenvalue weighted by atomic mass is 31.2. The highest BCUT2D eigenvalue weighted by Crippen LogP contribution is 2.39. The SMILES string of the molecule is CC(=O)NC(Cc1ccc(CP(=O)(O)O)cc1)(C(=O)O)C(=O)O. The molecule has 0 atom stereocenters. The van der Waals surface area contributed by atoms with Crippen LogP contribution in [-0.4, -0.2) is 43.4 Å². The average Bonchev–Trinajstić information content (AvgIpc) is 2.37. The maximum Gasteiger partial charge on any atom is 0.341 e. The van der Waals surface area contributed by atoms with Crippen molar-refractivity contribution in [1.82, 2.24) is 5.32 Å². The number of benzene rings is 1. The first-order valence-electron chi connectivity index (χ1n) is 6.34. The zero-order valence-electron chi connectivity index (χ0n) is 12.1. The summed E-state index contributed by atoms with van der Waals surface area (Å²) in [5.41, 5.74) is -1.92. The lowest BCUT2D eigenvalue weighted by Crippen LogP contribution is -2.61. The van der Waals surface area contributed by atoms with Crippen molar-refractivity contribution in [3.05, 3.63) is 35.4 Å². The van der Waals surface area contributed by atoms with Crippen LogP contribution in [0.5, 0.6) is 0 Å². The molecule has 0 fully saturated rings. The smallest absolute Gasteiger partial charge is 0.341 e. The maximum atomic E-state index is 11.4. The van der Waals surface area contributed by atoms with Crippen molar-refractivity contribution >= 4 is 25.4 Å². The summed E-state index contributed by atoms with van der Waals surface area (Å²) < 4.78 is 10.9. The van der Waals surface area contributed by atoms with E-state index in [0.29, 0.717) is 5.56 Å². The number of aliphatic carboxylic acids is 2. The molecule has 0 aliphatic heterocycles. The van der Waals surface area contributed by atoms with Crippen LogP contribution in [0.4, 0.5) is 0 Å². The van der Waals surface area contributed by atoms with Gasteiger partial charge in [-0.05, 0) is 11.1 Å². The molecule has 10 heteroatoms. The number of carboxylic acid groups (broad SMARTS) is 2. The fourth-order valence-corrected chi connectivity index (χ4v) is 2.69. The Morgan fingerprint density at radius 1 is 1.04 bits per heavy atom. The van der Waals surface area contributed by atoms with Crippen LogP contribution in [0.3, 0.4) is 0 Å². The van der Waals surface area contributed by atoms with Crippen molar-refractivity contribution in [3.63, 3.8) is 0 Å². The Kier molecular flexibility index (Phi) is 5.65. The quantitative estimate of drug-likeness (QED) is 0.339. The highest BCUT2D eigenvalue weighted by molar-refractivity contribution is 7.50. The third kappa shape index (κ3) is 5.17. The van der Waals surface area contributed by atoms with Gasteiger partial charge in [-0.15, -0.1) is 0 Å². The van der Waals surface area contributed by atoms with Gasteiger partial charge in [0.05, 0.1) is 6.16 Å². The lowest BCUT2D eigenvalue weighted by atomic mass is 9.90. The van der Waals surface area contributed by atoms with Gasteiger partial charge in [0, 0.05) is 13.3 Å². The molecule has 0 radical (unpaired) electrons. The van der Waals surface area contributed by atoms with Gasteiger partial charge in [0.1, 0.15) is 0 Å². The van der Waals surface area contributed by atoms with E-state index in [-0.39, 0.29) is 5.56 Å². The van der Waals surface area contributed by atoms with E-state index >= 15 is 0 Å². The van der Waals surface area contributed by atoms with Crippen LogP contribution in [0.2, 0.25) is 0 Å². The Balaban J connectivity index is 3.09. The third-order valence-electron chi connectivity index (χ3n) is 3.00. The van der Waals surface area contributed by atoms with Crippen molar-refractivity contribution in [3.8, 4) is 0 Å². The molecular weight excluding hydrogens is 329 g/mol. The molecule has 1 aromatic carbocycles. The minimum Gasteiger partial charge on any atom is -0.479 e. The van der Waals surface area contributed by atoms with Crippen molar-refractivity contribution in [1.29, 1.82) is 0 Å². The molecule has 1 rings (SSSR count). The first kappa shape index (κ1) is 18.8. The van der Waals surface area contributed by atoms with E-state index < -0.39 is 43.6 Å². The molecule has 0 saturated heterocycles. The van der Waals surface area contributed by atoms with Crippen LogP contribution in [0.15, 0.2) is 24.3 Å². The van der Waals surface area contributed by atoms with Crippen LogP contribution in [0.25, 0.3) is 0 Å². The van der Waals surface area contributed by atoms with Crippen LogP contribution in [0, 0.1) is 0 Å². The normalized spacial score (nSPS) is 11.8. The molecule has 126 valence electrons. The molecule has 0 bridgehead atoms. The zero-order chi connectivity index (χ0) is 17.8. The first-order valence-corrected chi connectivity index (χ1v) is 8.14. The van der Waals surface area contributed by atoms with E-state index in [9.17, 15) is 29.2 Å². The van der Waals surface area contributed by atoms with Gasteiger partial charge >= 0.3 is 19.5 Å². The molecule has 23 heavy (non-hydrogen) atoms. The second-order valence-corrected chi connectivity index (χ2v) is 6.66. The summed E-state index contributed by atoms with van der Waals surface area (Å²) in [6.07, 6.45) is -1.00. The maximum absolute atomic E-state index is 11.4. The topological polar surface area (TPSA) is 161 Å². The van der Waals surface area contributed by atoms with Crippen molar-refractivity contribution in [2.45, 2.75) is 25.0 Å². The average molecular weight is 345 g/mol. The Morgan fingerprint density at radius 3 is 1.83 bits per heavy atom. The number of rotatable bonds is 7. The second-order valence-electron chi connectivity index (χ2n) is 5.01. The summed E-state index contributed by atoms with van der Waals surface area (Å²) in [6, 6.07) is 5.42. The van der Waals surface area contributed by atoms with Gasteiger partial charge < -0.3 is 25.3 Å². The Hall–Kier alpha value is -2.22. The molecular formula is C13H16NO8P. The van der Waals surface area contributed by atoms with Crippen LogP contribution in [-0.2, 0) is 31.5 Å². The van der Waals surface area contributed by atoms with E-state index in [0.717, 1.165) is 6.92 Å². The lowest BCUT2D eigenvalue weighted by Gasteiger charge is -2.25. The number of amides is 1. The van der Waals surface area contributed by atoms with Crippen molar-refractivity contribution < 1.29 is 38.9 Å². The van der Waals surface area contributed by atoms with E-state index in [4.69, 9.17) is 9.79 Å². The Bertz CT molecular complexity index is 649. The van der Waals surface area contributed by atoms with E-state index in [1.54, 1.807) is 0 Å². The Morgan fingerprint density at radius 2 is 1.48 bits per heavy atom. The van der Waals surface area contributed by atoms with Gasteiger partial charge in [0.15, 0.2) is 0 Å². The molecule has 0 unspecified atom stereocenters. The molecule has 5 N–H and O–H groups in total. The summed E-state index contributed by atoms with van der Waals surface area (Å²) >= 11 is 0. The fourth-order valence-electron chi connectivity index (χ4n) is 2.00. The third-order valence-corrected chi connectivity index (χ3v) is 3.78. The molecule has 1 aromatic rings. The summed E-state index contributed by atoms with van der Waals surface area (Å²) in [6.45, 7) is 1.00. The van der Waals surface area contributed by atoms with Gasteiger partial charge in [-0.2, -0.15) is 0 Å². The fraction of sp³-hybridized carbons (Fsp3) is 0.308. The molecule has 0 aliphatic carbocycles. The molecule has 1 amide bonds. The number of hydrogen-bond acceptors (Lipinski definition) is 4. The van der Waals surface area contributed by atoms with E-state index in [1.807, 2.05) is 5.32 Å². The monoisotopic (exact) mass is 345 g/mol. The minimum absolute atomic E-state index is 0.276. The van der Waals surface area contributed by atoms with Gasteiger partial charge in [-0.25, -0.2) is 9.59 Å². The number of nitrogens with one attached hydrogen (secondary N) is 1. The predicted molar refractivity (Wildman–Crippen MR) is 77.7 cm³/mol. The zero-order valence-corrected chi connectivity index (χ0v) is 13.0. The largest absolute Gasteiger partial charge is 0.479 e. The predicted octanol–water partition coefficient (Wildman–Crippen LogP) is -0.0491. The van der Waals surface area contributed by atoms with Crippen molar-refractivity contribution in [2.24, 2.45) is 0 Å². The van der Waals surface area contributed by atoms with Crippen LogP contribution >= 0.6 is 7.60 Å². The summed E-state index contributed by atoms with van der Waals surface area (Å²) in [4.78, 5) is 51.6. The number of carboxylic acids is 2. The lowest BCUT2D eigenvalue weighted by molar-refractivity contribution is -0.161. The van der Waals surface area contributed by atoms with Crippen LogP contribution in [0.1, 0.15) is 18.1 Å². The molecule has 9 nitrogen and oxygen atoms in total. The molecule has 0 saturated carbocycles. The van der Waals surface area contributed by atoms with Gasteiger partial charge in [0.25, 0.3) is 0 Å². The van der Waals surface area contributed by atoms with Gasteiger partial charge in [-0.3, -0.25) is 9.36 Å². The van der Waals surface area contributed by atoms with Gasteiger partial charge in [0.2, 0.25) is 11.4 Å². The van der Waals surface area contributed by atoms with Crippen LogP contribution < -0.4 is 5.32 Å². The van der Waals surface area contributed by atoms with Crippen molar-refractivity contribution in [2.75, 3.05) is 0 Å². The first-order chi connectivity index (χ1) is 10.5. The van der Waals surface area contributed by atoms with E-state index in [2.05, 4.69) is 0 Å². The molecule has 0 heterocycles. The second kappa shape index (κ2) is 6.91. The minimum atomic E-state index is -4.24. The number of carbonyl (C=O) groups excluding carboxylic acids is 1. The summed E-state index contributed by atoms with van der Waals surface area (Å²) in [5.74, 6) is -4.26. The van der Waals surface area contributed by atoms with Gasteiger partial charge in [-0.1, -0.05) is 24.3 Å². The molecule has 0 spiro atoms.